The summed E-state index contributed by atoms with van der Waals surface area (Å²) in [5.74, 6) is 0. The Morgan fingerprint density at radius 1 is 1.53 bits per heavy atom. The standard InChI is InChI=1S/C10H10N4O/c11-4-1-5-14-10(15)8-6-7(12)2-3-9(8)13-14/h2-3,6,13H,1,5,12H2. The molecule has 76 valence electrons. The van der Waals surface area contributed by atoms with Crippen molar-refractivity contribution >= 4 is 16.6 Å². The third kappa shape index (κ3) is 1.57. The Labute approximate surface area is 85.7 Å². The van der Waals surface area contributed by atoms with Crippen LogP contribution in [0.5, 0.6) is 0 Å². The molecule has 2 aromatic rings. The summed E-state index contributed by atoms with van der Waals surface area (Å²) >= 11 is 0. The zero-order chi connectivity index (χ0) is 10.8. The molecule has 0 fully saturated rings. The highest BCUT2D eigenvalue weighted by atomic mass is 16.1. The van der Waals surface area contributed by atoms with E-state index in [4.69, 9.17) is 11.0 Å². The van der Waals surface area contributed by atoms with Gasteiger partial charge in [-0.15, -0.1) is 0 Å². The topological polar surface area (TPSA) is 87.6 Å². The van der Waals surface area contributed by atoms with Crippen molar-refractivity contribution in [2.24, 2.45) is 0 Å². The van der Waals surface area contributed by atoms with Crippen LogP contribution in [-0.4, -0.2) is 9.78 Å². The second-order valence-electron chi connectivity index (χ2n) is 3.28. The number of aromatic nitrogens is 2. The SMILES string of the molecule is N#CCCn1[nH]c2ccc(N)cc2c1=O. The summed E-state index contributed by atoms with van der Waals surface area (Å²) in [5.41, 5.74) is 6.76. The zero-order valence-electron chi connectivity index (χ0n) is 8.03. The summed E-state index contributed by atoms with van der Waals surface area (Å²) in [6, 6.07) is 7.12. The van der Waals surface area contributed by atoms with Crippen LogP contribution in [-0.2, 0) is 6.54 Å². The molecule has 0 saturated carbocycles. The molecule has 0 aliphatic rings. The number of nitrogens with two attached hydrogens (primary N) is 1. The van der Waals surface area contributed by atoms with Crippen LogP contribution in [0, 0.1) is 11.3 Å². The Morgan fingerprint density at radius 3 is 3.07 bits per heavy atom. The van der Waals surface area contributed by atoms with Crippen molar-refractivity contribution in [3.63, 3.8) is 0 Å². The van der Waals surface area contributed by atoms with Crippen molar-refractivity contribution in [2.45, 2.75) is 13.0 Å². The first kappa shape index (κ1) is 9.34. The van der Waals surface area contributed by atoms with Gasteiger partial charge in [0.2, 0.25) is 0 Å². The number of hydrogen-bond donors (Lipinski definition) is 2. The number of nitrogens with zero attached hydrogens (tertiary/aromatic N) is 2. The number of anilines is 1. The van der Waals surface area contributed by atoms with Crippen molar-refractivity contribution in [3.05, 3.63) is 28.6 Å². The number of nitrogen functional groups attached to an aromatic ring is 1. The number of rotatable bonds is 2. The molecule has 0 aliphatic carbocycles. The van der Waals surface area contributed by atoms with E-state index in [1.807, 2.05) is 6.07 Å². The van der Waals surface area contributed by atoms with Crippen LogP contribution >= 0.6 is 0 Å². The summed E-state index contributed by atoms with van der Waals surface area (Å²) in [5, 5.41) is 11.9. The molecule has 5 heteroatoms. The number of benzene rings is 1. The monoisotopic (exact) mass is 202 g/mol. The molecule has 0 atom stereocenters. The van der Waals surface area contributed by atoms with Crippen molar-refractivity contribution < 1.29 is 0 Å². The van der Waals surface area contributed by atoms with E-state index in [-0.39, 0.29) is 5.56 Å². The first-order valence-corrected chi connectivity index (χ1v) is 4.57. The highest BCUT2D eigenvalue weighted by Crippen LogP contribution is 2.11. The van der Waals surface area contributed by atoms with Crippen molar-refractivity contribution in [2.75, 3.05) is 5.73 Å². The highest BCUT2D eigenvalue weighted by molar-refractivity contribution is 5.81. The highest BCUT2D eigenvalue weighted by Gasteiger charge is 2.05. The molecule has 0 spiro atoms. The minimum atomic E-state index is -0.132. The summed E-state index contributed by atoms with van der Waals surface area (Å²) < 4.78 is 1.42. The van der Waals surface area contributed by atoms with E-state index in [0.29, 0.717) is 24.0 Å². The fraction of sp³-hybridized carbons (Fsp3) is 0.200. The Kier molecular flexibility index (Phi) is 2.18. The van der Waals surface area contributed by atoms with Gasteiger partial charge in [0, 0.05) is 5.69 Å². The van der Waals surface area contributed by atoms with E-state index < -0.39 is 0 Å². The fourth-order valence-electron chi connectivity index (χ4n) is 1.50. The van der Waals surface area contributed by atoms with Crippen LogP contribution in [0.25, 0.3) is 10.9 Å². The van der Waals surface area contributed by atoms with E-state index in [1.54, 1.807) is 18.2 Å². The second kappa shape index (κ2) is 3.50. The lowest BCUT2D eigenvalue weighted by atomic mass is 10.2. The van der Waals surface area contributed by atoms with Gasteiger partial charge in [-0.3, -0.25) is 14.6 Å². The van der Waals surface area contributed by atoms with Crippen LogP contribution < -0.4 is 11.3 Å². The minimum absolute atomic E-state index is 0.132. The molecule has 0 aliphatic heterocycles. The minimum Gasteiger partial charge on any atom is -0.399 e. The maximum Gasteiger partial charge on any atom is 0.274 e. The van der Waals surface area contributed by atoms with Gasteiger partial charge in [0.25, 0.3) is 5.56 Å². The van der Waals surface area contributed by atoms with Gasteiger partial charge in [-0.2, -0.15) is 5.26 Å². The summed E-state index contributed by atoms with van der Waals surface area (Å²) in [6.45, 7) is 0.379. The van der Waals surface area contributed by atoms with E-state index in [1.165, 1.54) is 4.68 Å². The van der Waals surface area contributed by atoms with E-state index in [2.05, 4.69) is 5.10 Å². The molecule has 1 aromatic heterocycles. The Morgan fingerprint density at radius 2 is 2.33 bits per heavy atom. The molecule has 1 aromatic carbocycles. The number of fused-ring (bicyclic) bond motifs is 1. The molecule has 0 unspecified atom stereocenters. The zero-order valence-corrected chi connectivity index (χ0v) is 8.03. The molecule has 15 heavy (non-hydrogen) atoms. The fourth-order valence-corrected chi connectivity index (χ4v) is 1.50. The van der Waals surface area contributed by atoms with Gasteiger partial charge in [-0.1, -0.05) is 0 Å². The van der Waals surface area contributed by atoms with Gasteiger partial charge in [-0.25, -0.2) is 0 Å². The summed E-state index contributed by atoms with van der Waals surface area (Å²) in [7, 11) is 0. The first-order valence-electron chi connectivity index (χ1n) is 4.57. The van der Waals surface area contributed by atoms with Gasteiger partial charge >= 0.3 is 0 Å². The van der Waals surface area contributed by atoms with Gasteiger partial charge in [-0.05, 0) is 18.2 Å². The Balaban J connectivity index is 2.56. The van der Waals surface area contributed by atoms with E-state index in [0.717, 1.165) is 5.52 Å². The molecule has 0 bridgehead atoms. The number of nitrogens with one attached hydrogen (secondary N) is 1. The lowest BCUT2D eigenvalue weighted by molar-refractivity contribution is 0.615. The predicted molar refractivity (Wildman–Crippen MR) is 57.2 cm³/mol. The molecule has 0 radical (unpaired) electrons. The van der Waals surface area contributed by atoms with Crippen molar-refractivity contribution in [1.29, 1.82) is 5.26 Å². The van der Waals surface area contributed by atoms with Gasteiger partial charge in [0.05, 0.1) is 29.9 Å². The van der Waals surface area contributed by atoms with Crippen LogP contribution in [0.15, 0.2) is 23.0 Å². The molecular formula is C10H10N4O. The lowest BCUT2D eigenvalue weighted by Crippen LogP contribution is -2.16. The number of aryl methyl sites for hydroxylation is 1. The van der Waals surface area contributed by atoms with E-state index in [9.17, 15) is 4.79 Å². The molecule has 2 rings (SSSR count). The quantitative estimate of drug-likeness (QED) is 0.707. The third-order valence-corrected chi connectivity index (χ3v) is 2.22. The second-order valence-corrected chi connectivity index (χ2v) is 3.28. The molecule has 1 heterocycles. The van der Waals surface area contributed by atoms with Gasteiger partial charge in [0.15, 0.2) is 0 Å². The number of nitriles is 1. The lowest BCUT2D eigenvalue weighted by Gasteiger charge is -1.93. The maximum atomic E-state index is 11.8. The predicted octanol–water partition coefficient (Wildman–Crippen LogP) is 0.825. The van der Waals surface area contributed by atoms with Crippen LogP contribution in [0.2, 0.25) is 0 Å². The van der Waals surface area contributed by atoms with Crippen LogP contribution in [0.1, 0.15) is 6.42 Å². The first-order chi connectivity index (χ1) is 7.22. The largest absolute Gasteiger partial charge is 0.399 e. The average molecular weight is 202 g/mol. The van der Waals surface area contributed by atoms with Crippen LogP contribution in [0.3, 0.4) is 0 Å². The molecule has 0 amide bonds. The summed E-state index contributed by atoms with van der Waals surface area (Å²) in [6.07, 6.45) is 0.308. The Hall–Kier alpha value is -2.22. The third-order valence-electron chi connectivity index (χ3n) is 2.22. The smallest absolute Gasteiger partial charge is 0.274 e. The number of hydrogen-bond acceptors (Lipinski definition) is 3. The van der Waals surface area contributed by atoms with Crippen molar-refractivity contribution in [1.82, 2.24) is 9.78 Å². The van der Waals surface area contributed by atoms with E-state index >= 15 is 0 Å². The molecular weight excluding hydrogens is 192 g/mol. The number of H-pyrrole nitrogens is 1. The number of aromatic amines is 1. The molecule has 5 nitrogen and oxygen atoms in total. The van der Waals surface area contributed by atoms with Crippen molar-refractivity contribution in [3.8, 4) is 6.07 Å². The Bertz CT molecular complexity index is 587. The normalized spacial score (nSPS) is 10.3. The van der Waals surface area contributed by atoms with Gasteiger partial charge in [0.1, 0.15) is 0 Å². The average Bonchev–Trinajstić information content (AvgIpc) is 2.53. The molecule has 3 N–H and O–H groups in total. The molecule has 0 saturated heterocycles. The maximum absolute atomic E-state index is 11.8. The summed E-state index contributed by atoms with van der Waals surface area (Å²) in [4.78, 5) is 11.8. The van der Waals surface area contributed by atoms with Crippen LogP contribution in [0.4, 0.5) is 5.69 Å². The van der Waals surface area contributed by atoms with Gasteiger partial charge < -0.3 is 5.73 Å².